The maximum absolute atomic E-state index is 11.5. The molecule has 4 rings (SSSR count). The van der Waals surface area contributed by atoms with Gasteiger partial charge in [0.25, 0.3) is 0 Å². The van der Waals surface area contributed by atoms with E-state index < -0.39 is 50.3 Å². The van der Waals surface area contributed by atoms with Crippen LogP contribution in [-0.2, 0) is 46.4 Å². The van der Waals surface area contributed by atoms with Gasteiger partial charge in [-0.25, -0.2) is 4.79 Å². The van der Waals surface area contributed by atoms with Gasteiger partial charge < -0.3 is 52.9 Å². The molecule has 2 aromatic carbocycles. The molecule has 3 aromatic rings. The molecule has 0 radical (unpaired) electrons. The van der Waals surface area contributed by atoms with Crippen LogP contribution in [0.25, 0.3) is 0 Å². The van der Waals surface area contributed by atoms with E-state index >= 15 is 0 Å². The van der Waals surface area contributed by atoms with Gasteiger partial charge in [-0.2, -0.15) is 4.98 Å². The second-order valence-electron chi connectivity index (χ2n) is 8.62. The van der Waals surface area contributed by atoms with Crippen molar-refractivity contribution < 1.29 is 47.2 Å². The van der Waals surface area contributed by atoms with Crippen molar-refractivity contribution in [2.45, 2.75) is 34.3 Å². The van der Waals surface area contributed by atoms with Gasteiger partial charge in [0.05, 0.1) is 6.61 Å². The predicted octanol–water partition coefficient (Wildman–Crippen LogP) is 3.07. The van der Waals surface area contributed by atoms with Crippen LogP contribution < -0.4 is 20.5 Å². The zero-order chi connectivity index (χ0) is 32.5. The van der Waals surface area contributed by atoms with Crippen LogP contribution in [0.4, 0.5) is 5.82 Å². The van der Waals surface area contributed by atoms with Gasteiger partial charge in [-0.05, 0) is 54.6 Å². The minimum absolute atomic E-state index is 0.0537. The first kappa shape index (κ1) is 36.5. The summed E-state index contributed by atoms with van der Waals surface area (Å²) in [4.78, 5) is 17.1. The summed E-state index contributed by atoms with van der Waals surface area (Å²) < 4.78 is 37.9. The molecule has 19 heteroatoms. The van der Waals surface area contributed by atoms with Crippen molar-refractivity contribution in [2.24, 2.45) is 0 Å². The molecule has 0 aliphatic carbocycles. The van der Waals surface area contributed by atoms with Crippen LogP contribution in [0.3, 0.4) is 0 Å². The first-order valence-electron chi connectivity index (χ1n) is 12.6. The molecule has 2 heterocycles. The van der Waals surface area contributed by atoms with E-state index in [1.807, 2.05) is 48.5 Å². The van der Waals surface area contributed by atoms with E-state index in [9.17, 15) is 15.0 Å². The van der Waals surface area contributed by atoms with Crippen LogP contribution >= 0.6 is 25.2 Å². The van der Waals surface area contributed by atoms with Crippen LogP contribution in [0.2, 0.25) is 0 Å². The van der Waals surface area contributed by atoms with Crippen molar-refractivity contribution in [3.63, 3.8) is 0 Å². The number of anilines is 1. The molecule has 0 saturated carbocycles. The molecular formula is C25H33N3O11P2S3. The van der Waals surface area contributed by atoms with E-state index in [1.54, 1.807) is 11.8 Å². The number of hydrogen-bond donors (Lipinski definition) is 4. The van der Waals surface area contributed by atoms with Crippen LogP contribution in [-0.4, -0.2) is 78.2 Å². The Bertz CT molecular complexity index is 1430. The number of nitrogen functional groups attached to an aromatic ring is 1. The number of nitrogens with zero attached hydrogens (tertiary/aromatic N) is 2. The summed E-state index contributed by atoms with van der Waals surface area (Å²) in [5.74, 6) is 1.25. The second kappa shape index (κ2) is 16.6. The minimum Gasteiger partial charge on any atom is -0.424 e. The third-order valence-corrected chi connectivity index (χ3v) is 11.8. The third kappa shape index (κ3) is 9.77. The Balaban J connectivity index is 0.000000266. The van der Waals surface area contributed by atoms with Crippen molar-refractivity contribution >= 4 is 54.6 Å². The molecule has 0 bridgehead atoms. The first-order valence-corrected chi connectivity index (χ1v) is 18.5. The van der Waals surface area contributed by atoms with Gasteiger partial charge in [0.1, 0.15) is 35.6 Å². The summed E-state index contributed by atoms with van der Waals surface area (Å²) in [7, 11) is 5.89. The van der Waals surface area contributed by atoms with Gasteiger partial charge in [0.2, 0.25) is 0 Å². The molecule has 0 unspecified atom stereocenters. The van der Waals surface area contributed by atoms with Crippen LogP contribution in [0, 0.1) is 0 Å². The molecule has 1 aliphatic heterocycles. The van der Waals surface area contributed by atoms with E-state index in [-0.39, 0.29) is 5.82 Å². The highest BCUT2D eigenvalue weighted by Crippen LogP contribution is 2.49. The standard InChI is InChI=1S/C16H20O6P2S3.C9H13N3O5/c1-17-23(25,18-2)21-13-5-9-15(10-6-13)27-16-11-7-14(8-12-16)22-24(26,19-3)20-4;10-5-1-2-12(9(16)11-5)8-7(15)6(14)4(3-13)17-8/h5-12H,1-4H3;1-2,4,6-8,13-15H,3H2,(H2,10,11,16)/t;4-,6-,7-,8-/m.1/s1. The average molecular weight is 710 g/mol. The number of rotatable bonds is 12. The number of hydrogen-bond acceptors (Lipinski definition) is 16. The third-order valence-electron chi connectivity index (χ3n) is 5.85. The second-order valence-corrected chi connectivity index (χ2v) is 16.1. The molecule has 1 aliphatic rings. The van der Waals surface area contributed by atoms with E-state index in [0.29, 0.717) is 11.5 Å². The topological polar surface area (TPSA) is 186 Å². The normalized spacial score (nSPS) is 20.1. The Morgan fingerprint density at radius 1 is 0.864 bits per heavy atom. The van der Waals surface area contributed by atoms with E-state index in [2.05, 4.69) is 4.98 Å². The van der Waals surface area contributed by atoms with Crippen molar-refractivity contribution in [3.8, 4) is 11.5 Å². The van der Waals surface area contributed by atoms with Crippen LogP contribution in [0.1, 0.15) is 6.23 Å². The highest BCUT2D eigenvalue weighted by molar-refractivity contribution is 8.08. The van der Waals surface area contributed by atoms with Crippen molar-refractivity contribution in [2.75, 3.05) is 40.8 Å². The lowest BCUT2D eigenvalue weighted by Crippen LogP contribution is -2.36. The van der Waals surface area contributed by atoms with E-state index in [4.69, 9.17) is 66.3 Å². The maximum Gasteiger partial charge on any atom is 0.380 e. The Kier molecular flexibility index (Phi) is 13.7. The highest BCUT2D eigenvalue weighted by atomic mass is 32.5. The number of aliphatic hydroxyl groups is 3. The molecule has 1 fully saturated rings. The zero-order valence-corrected chi connectivity index (χ0v) is 28.2. The highest BCUT2D eigenvalue weighted by Gasteiger charge is 2.43. The molecule has 0 amide bonds. The number of ether oxygens (including phenoxy) is 1. The Labute approximate surface area is 268 Å². The maximum atomic E-state index is 11.5. The van der Waals surface area contributed by atoms with Gasteiger partial charge in [-0.15, -0.1) is 0 Å². The van der Waals surface area contributed by atoms with Crippen molar-refractivity contribution in [3.05, 3.63) is 71.3 Å². The summed E-state index contributed by atoms with van der Waals surface area (Å²) in [5, 5.41) is 28.2. The number of aliphatic hydroxyl groups excluding tert-OH is 3. The first-order chi connectivity index (χ1) is 20.9. The Morgan fingerprint density at radius 3 is 1.68 bits per heavy atom. The smallest absolute Gasteiger partial charge is 0.380 e. The quantitative estimate of drug-likeness (QED) is 0.201. The van der Waals surface area contributed by atoms with Gasteiger partial charge >= 0.3 is 19.1 Å². The average Bonchev–Trinajstić information content (AvgIpc) is 3.32. The molecule has 242 valence electrons. The number of nitrogens with two attached hydrogens (primary N) is 1. The fourth-order valence-corrected chi connectivity index (χ4v) is 6.25. The lowest BCUT2D eigenvalue weighted by Gasteiger charge is -2.18. The van der Waals surface area contributed by atoms with Gasteiger partial charge in [0.15, 0.2) is 6.23 Å². The van der Waals surface area contributed by atoms with Gasteiger partial charge in [-0.3, -0.25) is 4.57 Å². The van der Waals surface area contributed by atoms with Gasteiger partial charge in [0, 0.05) is 68.0 Å². The molecule has 5 N–H and O–H groups in total. The molecule has 14 nitrogen and oxygen atoms in total. The van der Waals surface area contributed by atoms with Crippen molar-refractivity contribution in [1.29, 1.82) is 0 Å². The molecule has 0 spiro atoms. The van der Waals surface area contributed by atoms with Crippen LogP contribution in [0.5, 0.6) is 11.5 Å². The molecule has 1 aromatic heterocycles. The van der Waals surface area contributed by atoms with Gasteiger partial charge in [-0.1, -0.05) is 11.8 Å². The SMILES string of the molecule is COP(=S)(OC)Oc1ccc(Sc2ccc(OP(=S)(OC)OC)cc2)cc1.Nc1ccn([C@@H]2O[C@H](CO)[C@@H](O)[C@H]2O)c(=O)n1. The number of benzene rings is 2. The van der Waals surface area contributed by atoms with Crippen molar-refractivity contribution in [1.82, 2.24) is 9.55 Å². The summed E-state index contributed by atoms with van der Waals surface area (Å²) in [6, 6.07) is 16.4. The monoisotopic (exact) mass is 709 g/mol. The largest absolute Gasteiger partial charge is 0.424 e. The van der Waals surface area contributed by atoms with E-state index in [0.717, 1.165) is 14.4 Å². The molecule has 4 atom stereocenters. The molecule has 1 saturated heterocycles. The summed E-state index contributed by atoms with van der Waals surface area (Å²) in [6.07, 6.45) is -3.27. The molecule has 44 heavy (non-hydrogen) atoms. The lowest BCUT2D eigenvalue weighted by atomic mass is 10.1. The summed E-state index contributed by atoms with van der Waals surface area (Å²) >= 11 is 12.0. The minimum atomic E-state index is -2.73. The Hall–Kier alpha value is -1.95. The zero-order valence-electron chi connectivity index (χ0n) is 24.0. The van der Waals surface area contributed by atoms with Crippen LogP contribution in [0.15, 0.2) is 75.4 Å². The fourth-order valence-electron chi connectivity index (χ4n) is 3.56. The van der Waals surface area contributed by atoms with E-state index in [1.165, 1.54) is 40.7 Å². The predicted molar refractivity (Wildman–Crippen MR) is 171 cm³/mol. The lowest BCUT2D eigenvalue weighted by molar-refractivity contribution is -0.0549. The summed E-state index contributed by atoms with van der Waals surface area (Å²) in [5.41, 5.74) is 4.63. The molecular weight excluding hydrogens is 676 g/mol. The fraction of sp³-hybridized carbons (Fsp3) is 0.360. The number of aromatic nitrogens is 2. The summed E-state index contributed by atoms with van der Waals surface area (Å²) in [6.45, 7) is -5.91. The Morgan fingerprint density at radius 2 is 1.32 bits per heavy atom.